The summed E-state index contributed by atoms with van der Waals surface area (Å²) in [6, 6.07) is 37.9. The van der Waals surface area contributed by atoms with Gasteiger partial charge in [-0.15, -0.1) is 0 Å². The van der Waals surface area contributed by atoms with Crippen LogP contribution >= 0.6 is 0 Å². The van der Waals surface area contributed by atoms with Crippen molar-refractivity contribution in [1.82, 2.24) is 0 Å². The molecule has 0 spiro atoms. The average molecular weight is 526 g/mol. The van der Waals surface area contributed by atoms with E-state index in [2.05, 4.69) is 78.9 Å². The van der Waals surface area contributed by atoms with Gasteiger partial charge in [0.25, 0.3) is 0 Å². The van der Waals surface area contributed by atoms with Gasteiger partial charge in [-0.1, -0.05) is 121 Å². The molecule has 1 heteroatoms. The quantitative estimate of drug-likeness (QED) is 0.162. The predicted molar refractivity (Wildman–Crippen MR) is 175 cm³/mol. The summed E-state index contributed by atoms with van der Waals surface area (Å²) in [6.07, 6.45) is 0. The second-order valence-electron chi connectivity index (χ2n) is 10.5. The summed E-state index contributed by atoms with van der Waals surface area (Å²) in [5.41, 5.74) is 3.77. The molecule has 0 fully saturated rings. The van der Waals surface area contributed by atoms with Crippen molar-refractivity contribution in [2.24, 2.45) is 0 Å². The maximum atomic E-state index is 8.80. The van der Waals surface area contributed by atoms with Crippen molar-refractivity contribution in [1.29, 1.82) is 0 Å². The number of rotatable bonds is 2. The van der Waals surface area contributed by atoms with E-state index in [1.165, 1.54) is 5.39 Å². The molecule has 1 heterocycles. The van der Waals surface area contributed by atoms with Crippen LogP contribution in [0.5, 0.6) is 0 Å². The molecule has 0 aliphatic carbocycles. The summed E-state index contributed by atoms with van der Waals surface area (Å²) in [6.45, 7) is 0. The Hall–Kier alpha value is -5.40. The van der Waals surface area contributed by atoms with E-state index in [-0.39, 0.29) is 29.7 Å². The minimum atomic E-state index is -0.420. The SMILES string of the molecule is [2H]c1c([2H])c([2H])c(-c2ccc(-c3c4ccccc4cc4c3ccc3ccccc34)c3c2oc2cc4ccccc4cc23)c([2H])c1[2H]. The van der Waals surface area contributed by atoms with Gasteiger partial charge in [0.15, 0.2) is 0 Å². The molecule has 0 saturated heterocycles. The first-order chi connectivity index (χ1) is 22.4. The number of benzene rings is 8. The Morgan fingerprint density at radius 2 is 1.12 bits per heavy atom. The smallest absolute Gasteiger partial charge is 0.143 e. The molecule has 0 saturated carbocycles. The minimum Gasteiger partial charge on any atom is -0.455 e. The lowest BCUT2D eigenvalue weighted by Gasteiger charge is -2.16. The molecule has 0 N–H and O–H groups in total. The standard InChI is InChI=1S/C40H24O/c1-2-10-25(11-3-1)32-20-21-34(39-36-22-27-13-4-5-14-28(27)24-37(36)41-40(32)39)38-31-17-9-7-15-29(31)23-35-30-16-8-6-12-26(30)18-19-33(35)38/h1-24H/i1D,2D,3D,10D,11D. The molecule has 0 amide bonds. The van der Waals surface area contributed by atoms with Crippen molar-refractivity contribution < 1.29 is 11.3 Å². The Balaban J connectivity index is 1.50. The van der Waals surface area contributed by atoms with Crippen LogP contribution < -0.4 is 0 Å². The molecule has 0 bridgehead atoms. The zero-order valence-electron chi connectivity index (χ0n) is 26.9. The fraction of sp³-hybridized carbons (Fsp3) is 0. The van der Waals surface area contributed by atoms with Gasteiger partial charge >= 0.3 is 0 Å². The van der Waals surface area contributed by atoms with E-state index in [1.807, 2.05) is 36.4 Å². The molecule has 9 aromatic rings. The first-order valence-electron chi connectivity index (χ1n) is 16.2. The molecule has 0 radical (unpaired) electrons. The summed E-state index contributed by atoms with van der Waals surface area (Å²) in [7, 11) is 0. The monoisotopic (exact) mass is 525 g/mol. The van der Waals surface area contributed by atoms with Gasteiger partial charge in [-0.25, -0.2) is 0 Å². The van der Waals surface area contributed by atoms with Gasteiger partial charge in [-0.3, -0.25) is 0 Å². The van der Waals surface area contributed by atoms with Crippen LogP contribution in [0.2, 0.25) is 0 Å². The van der Waals surface area contributed by atoms with Crippen LogP contribution in [0.15, 0.2) is 150 Å². The van der Waals surface area contributed by atoms with Gasteiger partial charge < -0.3 is 4.42 Å². The number of hydrogen-bond acceptors (Lipinski definition) is 1. The highest BCUT2D eigenvalue weighted by Crippen LogP contribution is 2.47. The summed E-state index contributed by atoms with van der Waals surface area (Å²) in [5, 5.41) is 10.6. The van der Waals surface area contributed by atoms with Gasteiger partial charge in [0, 0.05) is 16.3 Å². The molecule has 0 aliphatic rings. The van der Waals surface area contributed by atoms with Crippen molar-refractivity contribution in [3.05, 3.63) is 145 Å². The highest BCUT2D eigenvalue weighted by molar-refractivity contribution is 6.26. The van der Waals surface area contributed by atoms with Crippen molar-refractivity contribution >= 4 is 65.0 Å². The van der Waals surface area contributed by atoms with Crippen LogP contribution in [0.1, 0.15) is 6.85 Å². The lowest BCUT2D eigenvalue weighted by molar-refractivity contribution is 0.670. The Bertz CT molecular complexity index is 2730. The van der Waals surface area contributed by atoms with Gasteiger partial charge in [0.2, 0.25) is 0 Å². The van der Waals surface area contributed by atoms with Crippen LogP contribution in [0.4, 0.5) is 0 Å². The third-order valence-corrected chi connectivity index (χ3v) is 8.30. The molecule has 0 atom stereocenters. The molecule has 1 nitrogen and oxygen atoms in total. The van der Waals surface area contributed by atoms with Crippen LogP contribution in [0.25, 0.3) is 87.3 Å². The van der Waals surface area contributed by atoms with E-state index in [1.54, 1.807) is 0 Å². The first-order valence-corrected chi connectivity index (χ1v) is 13.7. The van der Waals surface area contributed by atoms with Crippen molar-refractivity contribution in [3.8, 4) is 22.3 Å². The summed E-state index contributed by atoms with van der Waals surface area (Å²) >= 11 is 0. The van der Waals surface area contributed by atoms with Crippen LogP contribution in [-0.2, 0) is 0 Å². The van der Waals surface area contributed by atoms with E-state index < -0.39 is 6.04 Å². The number of fused-ring (bicyclic) bond motifs is 8. The third-order valence-electron chi connectivity index (χ3n) is 8.30. The molecule has 0 aliphatic heterocycles. The van der Waals surface area contributed by atoms with Gasteiger partial charge in [0.05, 0.1) is 6.85 Å². The molecule has 190 valence electrons. The molecule has 41 heavy (non-hydrogen) atoms. The van der Waals surface area contributed by atoms with Gasteiger partial charge in [0.1, 0.15) is 11.2 Å². The molecule has 8 aromatic carbocycles. The van der Waals surface area contributed by atoms with Crippen LogP contribution in [0.3, 0.4) is 0 Å². The van der Waals surface area contributed by atoms with Crippen molar-refractivity contribution in [2.45, 2.75) is 0 Å². The van der Waals surface area contributed by atoms with Crippen LogP contribution in [0, 0.1) is 0 Å². The van der Waals surface area contributed by atoms with Crippen molar-refractivity contribution in [3.63, 3.8) is 0 Å². The lowest BCUT2D eigenvalue weighted by Crippen LogP contribution is -1.89. The highest BCUT2D eigenvalue weighted by atomic mass is 16.3. The fourth-order valence-electron chi connectivity index (χ4n) is 6.47. The van der Waals surface area contributed by atoms with Crippen molar-refractivity contribution in [2.75, 3.05) is 0 Å². The largest absolute Gasteiger partial charge is 0.455 e. The normalized spacial score (nSPS) is 13.6. The zero-order chi connectivity index (χ0) is 31.3. The second kappa shape index (κ2) is 8.55. The second-order valence-corrected chi connectivity index (χ2v) is 10.5. The molecule has 0 unspecified atom stereocenters. The van der Waals surface area contributed by atoms with E-state index in [0.29, 0.717) is 16.7 Å². The highest BCUT2D eigenvalue weighted by Gasteiger charge is 2.21. The maximum Gasteiger partial charge on any atom is 0.143 e. The summed E-state index contributed by atoms with van der Waals surface area (Å²) in [5.74, 6) is 0. The Labute approximate surface area is 243 Å². The molecular formula is C40H24O. The molecule has 1 aromatic heterocycles. The molecule has 9 rings (SSSR count). The van der Waals surface area contributed by atoms with E-state index in [9.17, 15) is 0 Å². The Morgan fingerprint density at radius 1 is 0.463 bits per heavy atom. The lowest BCUT2D eigenvalue weighted by atomic mass is 9.87. The zero-order valence-corrected chi connectivity index (χ0v) is 21.9. The number of furan rings is 1. The average Bonchev–Trinajstić information content (AvgIpc) is 3.46. The van der Waals surface area contributed by atoms with Gasteiger partial charge in [-0.05, 0) is 84.0 Å². The van der Waals surface area contributed by atoms with E-state index in [0.717, 1.165) is 59.6 Å². The van der Waals surface area contributed by atoms with Crippen LogP contribution in [-0.4, -0.2) is 0 Å². The number of hydrogen-bond donors (Lipinski definition) is 0. The van der Waals surface area contributed by atoms with E-state index >= 15 is 0 Å². The minimum absolute atomic E-state index is 0.125. The molecular weight excluding hydrogens is 496 g/mol. The Kier molecular flexibility index (Phi) is 3.76. The summed E-state index contributed by atoms with van der Waals surface area (Å²) in [4.78, 5) is 0. The van der Waals surface area contributed by atoms with E-state index in [4.69, 9.17) is 11.3 Å². The topological polar surface area (TPSA) is 13.1 Å². The first kappa shape index (κ1) is 18.0. The van der Waals surface area contributed by atoms with Gasteiger partial charge in [-0.2, -0.15) is 0 Å². The third kappa shape index (κ3) is 3.30. The fourth-order valence-corrected chi connectivity index (χ4v) is 6.47. The Morgan fingerprint density at radius 3 is 1.95 bits per heavy atom. The summed E-state index contributed by atoms with van der Waals surface area (Å²) < 4.78 is 49.2. The predicted octanol–water partition coefficient (Wildman–Crippen LogP) is 11.5. The maximum absolute atomic E-state index is 8.80.